The van der Waals surface area contributed by atoms with Crippen LogP contribution >= 0.6 is 0 Å². The topological polar surface area (TPSA) is 34.1 Å². The SMILES string of the molecule is CC1(C)[C@H]2CC=C(C(=O)/C=C3\C(=O)C[C@H]4C[C@@H]3C4(C)C)[C@@H]1C2. The lowest BCUT2D eigenvalue weighted by Gasteiger charge is -2.57. The molecule has 0 amide bonds. The highest BCUT2D eigenvalue weighted by Gasteiger charge is 2.56. The Labute approximate surface area is 133 Å². The molecule has 2 nitrogen and oxygen atoms in total. The lowest BCUT2D eigenvalue weighted by Crippen LogP contribution is -2.52. The fourth-order valence-corrected chi connectivity index (χ4v) is 5.46. The molecule has 0 spiro atoms. The molecular formula is C20H26O2. The number of Topliss-reactive ketones (excluding diaryl/α,β-unsaturated/α-hetero) is 1. The Morgan fingerprint density at radius 2 is 1.73 bits per heavy atom. The van der Waals surface area contributed by atoms with Gasteiger partial charge in [-0.2, -0.15) is 0 Å². The first-order valence-electron chi connectivity index (χ1n) is 8.72. The molecule has 4 atom stereocenters. The van der Waals surface area contributed by atoms with Crippen molar-refractivity contribution in [2.24, 2.45) is 34.5 Å². The van der Waals surface area contributed by atoms with Crippen LogP contribution in [0.1, 0.15) is 53.4 Å². The summed E-state index contributed by atoms with van der Waals surface area (Å²) in [7, 11) is 0. The average molecular weight is 298 g/mol. The molecule has 6 aliphatic rings. The number of hydrogen-bond donors (Lipinski definition) is 0. The van der Waals surface area contributed by atoms with E-state index in [-0.39, 0.29) is 22.4 Å². The van der Waals surface area contributed by atoms with Gasteiger partial charge in [0, 0.05) is 12.0 Å². The van der Waals surface area contributed by atoms with E-state index in [1.807, 2.05) is 0 Å². The first kappa shape index (κ1) is 14.4. The number of ketones is 2. The smallest absolute Gasteiger partial charge is 0.182 e. The van der Waals surface area contributed by atoms with Crippen LogP contribution in [0.15, 0.2) is 23.3 Å². The monoisotopic (exact) mass is 298 g/mol. The van der Waals surface area contributed by atoms with Gasteiger partial charge in [-0.3, -0.25) is 9.59 Å². The Kier molecular flexibility index (Phi) is 2.76. The first-order valence-corrected chi connectivity index (χ1v) is 8.72. The van der Waals surface area contributed by atoms with E-state index in [4.69, 9.17) is 0 Å². The molecule has 22 heavy (non-hydrogen) atoms. The van der Waals surface area contributed by atoms with Gasteiger partial charge in [0.15, 0.2) is 11.6 Å². The van der Waals surface area contributed by atoms with E-state index in [1.54, 1.807) is 6.08 Å². The summed E-state index contributed by atoms with van der Waals surface area (Å²) >= 11 is 0. The molecular weight excluding hydrogens is 272 g/mol. The van der Waals surface area contributed by atoms with Crippen molar-refractivity contribution >= 4 is 11.6 Å². The van der Waals surface area contributed by atoms with Crippen LogP contribution in [0.4, 0.5) is 0 Å². The standard InChI is InChI=1S/C20H26O2/c1-19(2)11-5-6-13(15(19)7-11)18(22)10-14-16-8-12(9-17(14)21)20(16,3)4/h6,10-12,15-16H,5,7-9H2,1-4H3/b14-10-/t11-,12+,15-,16-/m0/s1. The highest BCUT2D eigenvalue weighted by molar-refractivity contribution is 6.11. The van der Waals surface area contributed by atoms with Gasteiger partial charge in [0.05, 0.1) is 0 Å². The van der Waals surface area contributed by atoms with E-state index in [0.717, 1.165) is 36.3 Å². The Balaban J connectivity index is 1.62. The second-order valence-corrected chi connectivity index (χ2v) is 9.10. The Hall–Kier alpha value is -1.18. The summed E-state index contributed by atoms with van der Waals surface area (Å²) in [5.74, 6) is 2.30. The summed E-state index contributed by atoms with van der Waals surface area (Å²) in [6.07, 6.45) is 7.76. The Morgan fingerprint density at radius 1 is 1.09 bits per heavy atom. The summed E-state index contributed by atoms with van der Waals surface area (Å²) in [6, 6.07) is 0. The van der Waals surface area contributed by atoms with Gasteiger partial charge in [-0.05, 0) is 65.4 Å². The molecule has 2 heteroatoms. The normalized spacial score (nSPS) is 42.3. The summed E-state index contributed by atoms with van der Waals surface area (Å²) < 4.78 is 0. The molecule has 0 aromatic heterocycles. The van der Waals surface area contributed by atoms with Crippen molar-refractivity contribution < 1.29 is 9.59 Å². The summed E-state index contributed by atoms with van der Waals surface area (Å²) in [6.45, 7) is 9.06. The predicted molar refractivity (Wildman–Crippen MR) is 86.2 cm³/mol. The fraction of sp³-hybridized carbons (Fsp3) is 0.700. The molecule has 0 heterocycles. The Morgan fingerprint density at radius 3 is 2.32 bits per heavy atom. The minimum absolute atomic E-state index is 0.112. The van der Waals surface area contributed by atoms with E-state index in [9.17, 15) is 9.59 Å². The molecule has 0 aromatic carbocycles. The summed E-state index contributed by atoms with van der Waals surface area (Å²) in [4.78, 5) is 25.1. The fourth-order valence-electron chi connectivity index (χ4n) is 5.46. The van der Waals surface area contributed by atoms with Crippen LogP contribution < -0.4 is 0 Å². The van der Waals surface area contributed by atoms with Crippen LogP contribution in [-0.4, -0.2) is 11.6 Å². The van der Waals surface area contributed by atoms with Gasteiger partial charge in [-0.1, -0.05) is 33.8 Å². The third kappa shape index (κ3) is 1.67. The number of carbonyl (C=O) groups is 2. The summed E-state index contributed by atoms with van der Waals surface area (Å²) in [5.41, 5.74) is 2.25. The van der Waals surface area contributed by atoms with Crippen LogP contribution in [0.2, 0.25) is 0 Å². The number of fused-ring (bicyclic) bond motifs is 3. The zero-order valence-electron chi connectivity index (χ0n) is 14.1. The molecule has 0 N–H and O–H groups in total. The number of allylic oxidation sites excluding steroid dienone is 4. The van der Waals surface area contributed by atoms with Gasteiger partial charge in [-0.15, -0.1) is 0 Å². The molecule has 6 rings (SSSR count). The predicted octanol–water partition coefficient (Wildman–Crippen LogP) is 4.11. The molecule has 6 aliphatic carbocycles. The maximum absolute atomic E-state index is 12.8. The van der Waals surface area contributed by atoms with Gasteiger partial charge < -0.3 is 0 Å². The highest BCUT2D eigenvalue weighted by atomic mass is 16.1. The van der Waals surface area contributed by atoms with Crippen molar-refractivity contribution in [1.82, 2.24) is 0 Å². The van der Waals surface area contributed by atoms with Crippen LogP contribution in [0.5, 0.6) is 0 Å². The van der Waals surface area contributed by atoms with Gasteiger partial charge in [0.2, 0.25) is 0 Å². The molecule has 0 saturated heterocycles. The lowest BCUT2D eigenvalue weighted by molar-refractivity contribution is -0.130. The van der Waals surface area contributed by atoms with E-state index in [0.29, 0.717) is 24.2 Å². The largest absolute Gasteiger partial charge is 0.295 e. The van der Waals surface area contributed by atoms with Crippen LogP contribution in [-0.2, 0) is 9.59 Å². The number of hydrogen-bond acceptors (Lipinski definition) is 2. The van der Waals surface area contributed by atoms with Crippen LogP contribution in [0.25, 0.3) is 0 Å². The van der Waals surface area contributed by atoms with Crippen LogP contribution in [0, 0.1) is 34.5 Å². The van der Waals surface area contributed by atoms with E-state index in [2.05, 4.69) is 33.8 Å². The van der Waals surface area contributed by atoms with E-state index in [1.165, 1.54) is 0 Å². The molecule has 0 aliphatic heterocycles. The maximum Gasteiger partial charge on any atom is 0.182 e. The van der Waals surface area contributed by atoms with Crippen molar-refractivity contribution in [3.8, 4) is 0 Å². The number of carbonyl (C=O) groups excluding carboxylic acids is 2. The minimum atomic E-state index is 0.112. The first-order chi connectivity index (χ1) is 10.2. The lowest BCUT2D eigenvalue weighted by atomic mass is 9.46. The third-order valence-electron chi connectivity index (χ3n) is 7.64. The van der Waals surface area contributed by atoms with Crippen LogP contribution in [0.3, 0.4) is 0 Å². The molecule has 0 unspecified atom stereocenters. The summed E-state index contributed by atoms with van der Waals surface area (Å²) in [5, 5.41) is 0. The van der Waals surface area contributed by atoms with Gasteiger partial charge in [0.1, 0.15) is 0 Å². The molecule has 0 radical (unpaired) electrons. The Bertz CT molecular complexity index is 632. The van der Waals surface area contributed by atoms with Gasteiger partial charge in [-0.25, -0.2) is 0 Å². The van der Waals surface area contributed by atoms with E-state index >= 15 is 0 Å². The zero-order valence-corrected chi connectivity index (χ0v) is 14.1. The molecule has 4 fully saturated rings. The van der Waals surface area contributed by atoms with Crippen molar-refractivity contribution in [2.75, 3.05) is 0 Å². The molecule has 4 saturated carbocycles. The van der Waals surface area contributed by atoms with Crippen molar-refractivity contribution in [3.05, 3.63) is 23.3 Å². The zero-order chi connectivity index (χ0) is 15.9. The van der Waals surface area contributed by atoms with Crippen molar-refractivity contribution in [3.63, 3.8) is 0 Å². The van der Waals surface area contributed by atoms with Crippen molar-refractivity contribution in [2.45, 2.75) is 53.4 Å². The van der Waals surface area contributed by atoms with Gasteiger partial charge in [0.25, 0.3) is 0 Å². The van der Waals surface area contributed by atoms with Crippen molar-refractivity contribution in [1.29, 1.82) is 0 Å². The molecule has 4 bridgehead atoms. The molecule has 0 aromatic rings. The maximum atomic E-state index is 12.8. The molecule has 118 valence electrons. The highest BCUT2D eigenvalue weighted by Crippen LogP contribution is 2.61. The van der Waals surface area contributed by atoms with E-state index < -0.39 is 0 Å². The third-order valence-corrected chi connectivity index (χ3v) is 7.64. The number of rotatable bonds is 2. The van der Waals surface area contributed by atoms with Gasteiger partial charge >= 0.3 is 0 Å². The minimum Gasteiger partial charge on any atom is -0.295 e. The second kappa shape index (κ2) is 4.21. The quantitative estimate of drug-likeness (QED) is 0.719. The average Bonchev–Trinajstić information content (AvgIpc) is 2.48. The second-order valence-electron chi connectivity index (χ2n) is 9.10.